The summed E-state index contributed by atoms with van der Waals surface area (Å²) in [5.41, 5.74) is 0. The van der Waals surface area contributed by atoms with E-state index in [4.69, 9.17) is 27.5 Å². The number of rotatable bonds is 17. The van der Waals surface area contributed by atoms with Gasteiger partial charge in [-0.2, -0.15) is 0 Å². The fourth-order valence-corrected chi connectivity index (χ4v) is 5.21. The summed E-state index contributed by atoms with van der Waals surface area (Å²) in [4.78, 5) is 0. The van der Waals surface area contributed by atoms with Crippen molar-refractivity contribution in [2.24, 2.45) is 0 Å². The standard InChI is InChI=1S/C14H31BrO6Si/c1-4-16-8-11-19-22(14-7-15,20-12-9-17-5-2)21-13-10-18-6-3/h4-14H2,1-3H3. The topological polar surface area (TPSA) is 55.4 Å². The van der Waals surface area contributed by atoms with E-state index in [0.29, 0.717) is 65.5 Å². The molecule has 0 amide bonds. The summed E-state index contributed by atoms with van der Waals surface area (Å²) in [6, 6.07) is 0.706. The van der Waals surface area contributed by atoms with Crippen LogP contribution in [0.1, 0.15) is 20.8 Å². The van der Waals surface area contributed by atoms with Crippen LogP contribution in [0.3, 0.4) is 0 Å². The molecule has 0 aromatic rings. The average molecular weight is 403 g/mol. The Kier molecular flexibility index (Phi) is 16.7. The molecule has 0 aromatic heterocycles. The van der Waals surface area contributed by atoms with Gasteiger partial charge in [0.25, 0.3) is 0 Å². The molecule has 0 spiro atoms. The van der Waals surface area contributed by atoms with Gasteiger partial charge in [-0.05, 0) is 20.8 Å². The van der Waals surface area contributed by atoms with Gasteiger partial charge in [0.15, 0.2) is 0 Å². The van der Waals surface area contributed by atoms with E-state index < -0.39 is 8.80 Å². The van der Waals surface area contributed by atoms with Crippen molar-refractivity contribution in [3.05, 3.63) is 0 Å². The first-order chi connectivity index (χ1) is 10.7. The maximum Gasteiger partial charge on any atom is 0.502 e. The summed E-state index contributed by atoms with van der Waals surface area (Å²) in [7, 11) is -2.73. The SMILES string of the molecule is CCOCCO[Si](CCBr)(OCCOCC)OCCOCC. The molecule has 0 atom stereocenters. The van der Waals surface area contributed by atoms with E-state index in [9.17, 15) is 0 Å². The van der Waals surface area contributed by atoms with E-state index in [1.54, 1.807) is 0 Å². The van der Waals surface area contributed by atoms with Crippen LogP contribution in [0.2, 0.25) is 6.04 Å². The van der Waals surface area contributed by atoms with Gasteiger partial charge in [0.1, 0.15) is 0 Å². The van der Waals surface area contributed by atoms with Crippen LogP contribution in [0.4, 0.5) is 0 Å². The molecule has 0 aliphatic carbocycles. The summed E-state index contributed by atoms with van der Waals surface area (Å²) >= 11 is 3.45. The Labute approximate surface area is 144 Å². The van der Waals surface area contributed by atoms with Gasteiger partial charge in [-0.15, -0.1) is 0 Å². The van der Waals surface area contributed by atoms with Gasteiger partial charge in [0, 0.05) is 31.2 Å². The second-order valence-corrected chi connectivity index (χ2v) is 7.78. The normalized spacial score (nSPS) is 12.0. The molecule has 0 radical (unpaired) electrons. The van der Waals surface area contributed by atoms with Gasteiger partial charge in [-0.1, -0.05) is 15.9 Å². The molecule has 0 aliphatic rings. The lowest BCUT2D eigenvalue weighted by Gasteiger charge is -2.29. The molecule has 0 heterocycles. The number of alkyl halides is 1. The minimum absolute atomic E-state index is 0.469. The zero-order chi connectivity index (χ0) is 16.5. The highest BCUT2D eigenvalue weighted by atomic mass is 79.9. The fraction of sp³-hybridized carbons (Fsp3) is 1.00. The Bertz CT molecular complexity index is 204. The molecule has 0 bridgehead atoms. The molecular formula is C14H31BrO6Si. The van der Waals surface area contributed by atoms with Crippen LogP contribution < -0.4 is 0 Å². The van der Waals surface area contributed by atoms with Crippen molar-refractivity contribution in [3.8, 4) is 0 Å². The van der Waals surface area contributed by atoms with Crippen LogP contribution in [-0.4, -0.2) is 73.6 Å². The second kappa shape index (κ2) is 16.3. The van der Waals surface area contributed by atoms with Crippen molar-refractivity contribution < 1.29 is 27.5 Å². The lowest BCUT2D eigenvalue weighted by Crippen LogP contribution is -2.48. The highest BCUT2D eigenvalue weighted by Gasteiger charge is 2.40. The van der Waals surface area contributed by atoms with E-state index in [1.807, 2.05) is 20.8 Å². The van der Waals surface area contributed by atoms with Crippen LogP contribution in [0.15, 0.2) is 0 Å². The molecule has 0 N–H and O–H groups in total. The quantitative estimate of drug-likeness (QED) is 0.211. The predicted octanol–water partition coefficient (Wildman–Crippen LogP) is 2.48. The summed E-state index contributed by atoms with van der Waals surface area (Å²) in [6.45, 7) is 10.9. The van der Waals surface area contributed by atoms with Crippen molar-refractivity contribution in [3.63, 3.8) is 0 Å². The smallest absolute Gasteiger partial charge is 0.379 e. The summed E-state index contributed by atoms with van der Waals surface area (Å²) in [5.74, 6) is 0. The highest BCUT2D eigenvalue weighted by Crippen LogP contribution is 2.17. The molecule has 0 saturated carbocycles. The van der Waals surface area contributed by atoms with E-state index in [0.717, 1.165) is 5.33 Å². The number of hydrogen-bond donors (Lipinski definition) is 0. The van der Waals surface area contributed by atoms with Crippen LogP contribution in [0.5, 0.6) is 0 Å². The number of hydrogen-bond acceptors (Lipinski definition) is 6. The molecular weight excluding hydrogens is 372 g/mol. The van der Waals surface area contributed by atoms with Crippen molar-refractivity contribution >= 4 is 24.7 Å². The number of ether oxygens (including phenoxy) is 3. The third-order valence-electron chi connectivity index (χ3n) is 2.66. The maximum atomic E-state index is 5.96. The van der Waals surface area contributed by atoms with Gasteiger partial charge in [-0.3, -0.25) is 0 Å². The van der Waals surface area contributed by atoms with Crippen molar-refractivity contribution in [2.45, 2.75) is 26.8 Å². The molecule has 0 fully saturated rings. The van der Waals surface area contributed by atoms with Gasteiger partial charge >= 0.3 is 8.80 Å². The second-order valence-electron chi connectivity index (χ2n) is 4.26. The Hall–Kier alpha value is 0.457. The minimum atomic E-state index is -2.73. The Morgan fingerprint density at radius 2 is 1.00 bits per heavy atom. The fourth-order valence-electron chi connectivity index (χ4n) is 1.66. The minimum Gasteiger partial charge on any atom is -0.379 e. The Morgan fingerprint density at radius 1 is 0.636 bits per heavy atom. The lowest BCUT2D eigenvalue weighted by molar-refractivity contribution is 0.00440. The average Bonchev–Trinajstić information content (AvgIpc) is 2.53. The van der Waals surface area contributed by atoms with Crippen molar-refractivity contribution in [2.75, 3.05) is 64.8 Å². The summed E-state index contributed by atoms with van der Waals surface area (Å²) in [6.07, 6.45) is 0. The summed E-state index contributed by atoms with van der Waals surface area (Å²) in [5, 5.41) is 0.761. The van der Waals surface area contributed by atoms with Crippen LogP contribution in [0.25, 0.3) is 0 Å². The van der Waals surface area contributed by atoms with Crippen LogP contribution in [0, 0.1) is 0 Å². The van der Waals surface area contributed by atoms with Gasteiger partial charge < -0.3 is 27.5 Å². The van der Waals surface area contributed by atoms with Crippen molar-refractivity contribution in [1.82, 2.24) is 0 Å². The van der Waals surface area contributed by atoms with Gasteiger partial charge in [-0.25, -0.2) is 0 Å². The molecule has 6 nitrogen and oxygen atoms in total. The first kappa shape index (κ1) is 22.5. The monoisotopic (exact) mass is 402 g/mol. The van der Waals surface area contributed by atoms with Crippen LogP contribution in [-0.2, 0) is 27.5 Å². The molecule has 22 heavy (non-hydrogen) atoms. The van der Waals surface area contributed by atoms with E-state index in [-0.39, 0.29) is 0 Å². The molecule has 0 aliphatic heterocycles. The summed E-state index contributed by atoms with van der Waals surface area (Å²) < 4.78 is 33.8. The van der Waals surface area contributed by atoms with Gasteiger partial charge in [0.05, 0.1) is 39.6 Å². The zero-order valence-corrected chi connectivity index (χ0v) is 16.7. The van der Waals surface area contributed by atoms with Crippen LogP contribution >= 0.6 is 15.9 Å². The molecule has 0 aromatic carbocycles. The maximum absolute atomic E-state index is 5.96. The van der Waals surface area contributed by atoms with E-state index in [1.165, 1.54) is 0 Å². The van der Waals surface area contributed by atoms with Crippen molar-refractivity contribution in [1.29, 1.82) is 0 Å². The van der Waals surface area contributed by atoms with E-state index in [2.05, 4.69) is 15.9 Å². The third kappa shape index (κ3) is 12.0. The molecule has 8 heteroatoms. The third-order valence-corrected chi connectivity index (χ3v) is 6.58. The Morgan fingerprint density at radius 3 is 1.27 bits per heavy atom. The molecule has 134 valence electrons. The number of halogens is 1. The molecule has 0 rings (SSSR count). The molecule has 0 unspecified atom stereocenters. The predicted molar refractivity (Wildman–Crippen MR) is 91.7 cm³/mol. The largest absolute Gasteiger partial charge is 0.502 e. The molecule has 0 saturated heterocycles. The van der Waals surface area contributed by atoms with E-state index >= 15 is 0 Å². The lowest BCUT2D eigenvalue weighted by atomic mass is 10.8. The first-order valence-electron chi connectivity index (χ1n) is 7.95. The first-order valence-corrected chi connectivity index (χ1v) is 11.0. The van der Waals surface area contributed by atoms with Gasteiger partial charge in [0.2, 0.25) is 0 Å². The highest BCUT2D eigenvalue weighted by molar-refractivity contribution is 9.09. The zero-order valence-electron chi connectivity index (χ0n) is 14.1. The Balaban J connectivity index is 4.39.